The third-order valence-corrected chi connectivity index (χ3v) is 8.15. The molecule has 1 amide bonds. The van der Waals surface area contributed by atoms with Gasteiger partial charge in [-0.15, -0.1) is 0 Å². The third-order valence-electron chi connectivity index (χ3n) is 7.34. The number of benzene rings is 3. The molecule has 1 unspecified atom stereocenters. The Morgan fingerprint density at radius 1 is 0.917 bits per heavy atom. The minimum atomic E-state index is -0.178. The lowest BCUT2D eigenvalue weighted by Gasteiger charge is -2.41. The molecule has 2 aliphatic rings. The predicted molar refractivity (Wildman–Crippen MR) is 146 cm³/mol. The maximum Gasteiger partial charge on any atom is 0.251 e. The fourth-order valence-electron chi connectivity index (χ4n) is 5.45. The summed E-state index contributed by atoms with van der Waals surface area (Å²) in [6.07, 6.45) is 4.44. The Kier molecular flexibility index (Phi) is 7.70. The van der Waals surface area contributed by atoms with Gasteiger partial charge in [0.1, 0.15) is 5.75 Å². The number of hydrogen-bond donors (Lipinski definition) is 2. The highest BCUT2D eigenvalue weighted by Crippen LogP contribution is 2.37. The van der Waals surface area contributed by atoms with Gasteiger partial charge in [-0.2, -0.15) is 0 Å². The summed E-state index contributed by atoms with van der Waals surface area (Å²) in [5.74, 6) is 0.226. The van der Waals surface area contributed by atoms with E-state index in [-0.39, 0.29) is 23.7 Å². The van der Waals surface area contributed by atoms with Gasteiger partial charge in [0, 0.05) is 43.3 Å². The summed E-state index contributed by atoms with van der Waals surface area (Å²) in [5.41, 5.74) is 3.42. The molecular formula is C29H31Cl2N3O2. The molecule has 2 fully saturated rings. The van der Waals surface area contributed by atoms with Crippen LogP contribution in [0, 0.1) is 0 Å². The number of carbonyl (C=O) groups excluding carboxylic acids is 1. The first-order valence-electron chi connectivity index (χ1n) is 12.6. The van der Waals surface area contributed by atoms with Gasteiger partial charge in [-0.3, -0.25) is 9.69 Å². The molecule has 188 valence electrons. The molecule has 36 heavy (non-hydrogen) atoms. The molecule has 0 aromatic heterocycles. The van der Waals surface area contributed by atoms with Gasteiger partial charge in [-0.25, -0.2) is 0 Å². The Morgan fingerprint density at radius 2 is 1.64 bits per heavy atom. The number of hydrogen-bond acceptors (Lipinski definition) is 4. The Balaban J connectivity index is 1.40. The first kappa shape index (κ1) is 24.9. The zero-order chi connectivity index (χ0) is 25.1. The molecule has 1 aliphatic carbocycles. The van der Waals surface area contributed by atoms with Gasteiger partial charge in [0.2, 0.25) is 0 Å². The van der Waals surface area contributed by atoms with Gasteiger partial charge in [-0.1, -0.05) is 72.4 Å². The molecule has 1 heterocycles. The van der Waals surface area contributed by atoms with E-state index < -0.39 is 0 Å². The lowest BCUT2D eigenvalue weighted by atomic mass is 9.94. The van der Waals surface area contributed by atoms with E-state index in [0.29, 0.717) is 15.6 Å². The van der Waals surface area contributed by atoms with Crippen LogP contribution in [0.5, 0.6) is 5.75 Å². The quantitative estimate of drug-likeness (QED) is 0.399. The van der Waals surface area contributed by atoms with E-state index in [1.165, 1.54) is 12.8 Å². The molecular weight excluding hydrogens is 493 g/mol. The number of rotatable bonds is 6. The smallest absolute Gasteiger partial charge is 0.251 e. The van der Waals surface area contributed by atoms with E-state index in [9.17, 15) is 9.90 Å². The van der Waals surface area contributed by atoms with Gasteiger partial charge in [0.15, 0.2) is 0 Å². The van der Waals surface area contributed by atoms with Crippen LogP contribution in [0.3, 0.4) is 0 Å². The average Bonchev–Trinajstić information content (AvgIpc) is 3.41. The number of piperazine rings is 1. The van der Waals surface area contributed by atoms with E-state index in [4.69, 9.17) is 23.2 Å². The summed E-state index contributed by atoms with van der Waals surface area (Å²) in [6, 6.07) is 21.1. The molecule has 7 heteroatoms. The number of nitrogens with one attached hydrogen (secondary N) is 1. The van der Waals surface area contributed by atoms with Crippen molar-refractivity contribution in [3.63, 3.8) is 0 Å². The average molecular weight is 524 g/mol. The first-order valence-corrected chi connectivity index (χ1v) is 13.4. The minimum absolute atomic E-state index is 0.0276. The fraction of sp³-hybridized carbons (Fsp3) is 0.345. The lowest BCUT2D eigenvalue weighted by molar-refractivity contribution is 0.0937. The van der Waals surface area contributed by atoms with E-state index in [0.717, 1.165) is 55.8 Å². The number of phenolic OH excluding ortho intramolecular Hbond substituents is 1. The van der Waals surface area contributed by atoms with Crippen LogP contribution in [0.4, 0.5) is 5.69 Å². The Bertz CT molecular complexity index is 1220. The van der Waals surface area contributed by atoms with Gasteiger partial charge < -0.3 is 15.3 Å². The normalized spacial score (nSPS) is 17.8. The molecule has 1 saturated heterocycles. The molecule has 3 aromatic rings. The fourth-order valence-corrected chi connectivity index (χ4v) is 5.87. The van der Waals surface area contributed by atoms with Crippen molar-refractivity contribution in [3.05, 3.63) is 93.5 Å². The molecule has 1 aliphatic heterocycles. The highest BCUT2D eigenvalue weighted by molar-refractivity contribution is 6.43. The van der Waals surface area contributed by atoms with Crippen LogP contribution < -0.4 is 10.2 Å². The Labute approximate surface area is 222 Å². The number of halogens is 2. The molecule has 1 atom stereocenters. The van der Waals surface area contributed by atoms with Crippen LogP contribution >= 0.6 is 23.2 Å². The van der Waals surface area contributed by atoms with Crippen molar-refractivity contribution in [2.24, 2.45) is 0 Å². The number of amides is 1. The summed E-state index contributed by atoms with van der Waals surface area (Å²) in [7, 11) is 0. The number of para-hydroxylation sites is 1. The second kappa shape index (κ2) is 11.1. The molecule has 1 saturated carbocycles. The minimum Gasteiger partial charge on any atom is -0.508 e. The Hall–Kier alpha value is -2.73. The van der Waals surface area contributed by atoms with Crippen molar-refractivity contribution < 1.29 is 9.90 Å². The number of carbonyl (C=O) groups is 1. The summed E-state index contributed by atoms with van der Waals surface area (Å²) in [6.45, 7) is 3.07. The second-order valence-corrected chi connectivity index (χ2v) is 10.4. The second-order valence-electron chi connectivity index (χ2n) is 9.64. The number of nitrogens with zero attached hydrogens (tertiary/aromatic N) is 2. The van der Waals surface area contributed by atoms with Crippen LogP contribution in [0.2, 0.25) is 10.0 Å². The molecule has 0 radical (unpaired) electrons. The standard InChI is InChI=1S/C29H31Cl2N3O2/c30-24-12-6-13-25(27(24)31)33-15-17-34(18-16-33)28(23-11-3-4-14-26(23)35)20-7-5-8-21(19-20)29(36)32-22-9-1-2-10-22/h3-8,11-14,19,22,28,35H,1-2,9-10,15-18H2,(H,32,36). The van der Waals surface area contributed by atoms with E-state index in [1.54, 1.807) is 12.1 Å². The maximum absolute atomic E-state index is 13.0. The van der Waals surface area contributed by atoms with Gasteiger partial charge in [0.05, 0.1) is 21.8 Å². The maximum atomic E-state index is 13.0. The largest absolute Gasteiger partial charge is 0.508 e. The van der Waals surface area contributed by atoms with Crippen molar-refractivity contribution in [1.82, 2.24) is 10.2 Å². The van der Waals surface area contributed by atoms with Gasteiger partial charge >= 0.3 is 0 Å². The number of aromatic hydroxyl groups is 1. The van der Waals surface area contributed by atoms with Crippen molar-refractivity contribution in [2.45, 2.75) is 37.8 Å². The number of anilines is 1. The van der Waals surface area contributed by atoms with Crippen molar-refractivity contribution >= 4 is 34.8 Å². The molecule has 2 N–H and O–H groups in total. The summed E-state index contributed by atoms with van der Waals surface area (Å²) < 4.78 is 0. The van der Waals surface area contributed by atoms with Crippen LogP contribution in [-0.2, 0) is 0 Å². The third kappa shape index (κ3) is 5.34. The van der Waals surface area contributed by atoms with E-state index in [2.05, 4.69) is 15.1 Å². The molecule has 0 spiro atoms. The van der Waals surface area contributed by atoms with Crippen molar-refractivity contribution in [3.8, 4) is 5.75 Å². The topological polar surface area (TPSA) is 55.8 Å². The predicted octanol–water partition coefficient (Wildman–Crippen LogP) is 6.28. The van der Waals surface area contributed by atoms with Crippen molar-refractivity contribution in [2.75, 3.05) is 31.1 Å². The van der Waals surface area contributed by atoms with E-state index >= 15 is 0 Å². The molecule has 5 nitrogen and oxygen atoms in total. The van der Waals surface area contributed by atoms with Crippen LogP contribution in [-0.4, -0.2) is 48.1 Å². The summed E-state index contributed by atoms with van der Waals surface area (Å²) in [4.78, 5) is 17.6. The zero-order valence-corrected chi connectivity index (χ0v) is 21.7. The SMILES string of the molecule is O=C(NC1CCCC1)c1cccc(C(c2ccccc2O)N2CCN(c3cccc(Cl)c3Cl)CC2)c1. The molecule has 5 rings (SSSR count). The summed E-state index contributed by atoms with van der Waals surface area (Å²) in [5, 5.41) is 15.1. The van der Waals surface area contributed by atoms with Crippen molar-refractivity contribution in [1.29, 1.82) is 0 Å². The molecule has 0 bridgehead atoms. The van der Waals surface area contributed by atoms with Gasteiger partial charge in [-0.05, 0) is 48.7 Å². The summed E-state index contributed by atoms with van der Waals surface area (Å²) >= 11 is 12.7. The highest BCUT2D eigenvalue weighted by Gasteiger charge is 2.29. The Morgan fingerprint density at radius 3 is 2.39 bits per heavy atom. The van der Waals surface area contributed by atoms with Crippen LogP contribution in [0.25, 0.3) is 0 Å². The number of phenols is 1. The zero-order valence-electron chi connectivity index (χ0n) is 20.2. The lowest BCUT2D eigenvalue weighted by Crippen LogP contribution is -2.48. The monoisotopic (exact) mass is 523 g/mol. The van der Waals surface area contributed by atoms with Gasteiger partial charge in [0.25, 0.3) is 5.91 Å². The van der Waals surface area contributed by atoms with Crippen LogP contribution in [0.1, 0.15) is 53.2 Å². The first-order chi connectivity index (χ1) is 17.5. The molecule has 3 aromatic carbocycles. The van der Waals surface area contributed by atoms with Crippen LogP contribution in [0.15, 0.2) is 66.7 Å². The van der Waals surface area contributed by atoms with E-state index in [1.807, 2.05) is 54.6 Å². The highest BCUT2D eigenvalue weighted by atomic mass is 35.5.